The first kappa shape index (κ1) is 23.0. The molecule has 2 amide bonds. The lowest BCUT2D eigenvalue weighted by molar-refractivity contribution is -0.165. The molecule has 2 atom stereocenters. The topological polar surface area (TPSA) is 185 Å². The summed E-state index contributed by atoms with van der Waals surface area (Å²) in [6.07, 6.45) is 1.63. The van der Waals surface area contributed by atoms with Crippen LogP contribution in [0.5, 0.6) is 0 Å². The number of carbonyl (C=O) groups is 2. The molecular formula is C23H20N8O5. The van der Waals surface area contributed by atoms with Crippen LogP contribution in [0, 0.1) is 11.3 Å². The number of nitriles is 1. The summed E-state index contributed by atoms with van der Waals surface area (Å²) in [5.41, 5.74) is 4.98. The Balaban J connectivity index is 1.34. The number of anilines is 3. The number of hydrogen-bond donors (Lipinski definition) is 3. The van der Waals surface area contributed by atoms with Gasteiger partial charge in [-0.15, -0.1) is 5.10 Å². The molecule has 182 valence electrons. The molecule has 5 rings (SSSR count). The average molecular weight is 488 g/mol. The molecule has 0 spiro atoms. The van der Waals surface area contributed by atoms with Crippen molar-refractivity contribution in [3.8, 4) is 11.8 Å². The highest BCUT2D eigenvalue weighted by Gasteiger charge is 2.48. The van der Waals surface area contributed by atoms with Crippen molar-refractivity contribution in [2.45, 2.75) is 18.6 Å². The van der Waals surface area contributed by atoms with Crippen molar-refractivity contribution in [3.05, 3.63) is 54.5 Å². The molecule has 1 aliphatic rings. The van der Waals surface area contributed by atoms with Gasteiger partial charge >= 0.3 is 0 Å². The van der Waals surface area contributed by atoms with Crippen LogP contribution in [0.25, 0.3) is 16.7 Å². The molecule has 0 saturated carbocycles. The summed E-state index contributed by atoms with van der Waals surface area (Å²) in [7, 11) is 0. The Labute approximate surface area is 203 Å². The summed E-state index contributed by atoms with van der Waals surface area (Å²) < 4.78 is 12.1. The highest BCUT2D eigenvalue weighted by Crippen LogP contribution is 2.27. The van der Waals surface area contributed by atoms with E-state index in [0.717, 1.165) is 0 Å². The largest absolute Gasteiger partial charge is 0.380 e. The summed E-state index contributed by atoms with van der Waals surface area (Å²) >= 11 is 0. The number of pyridine rings is 1. The number of carbonyl (C=O) groups excluding carboxylic acids is 2. The van der Waals surface area contributed by atoms with E-state index in [0.29, 0.717) is 28.2 Å². The van der Waals surface area contributed by atoms with E-state index >= 15 is 0 Å². The van der Waals surface area contributed by atoms with E-state index in [1.165, 1.54) is 28.8 Å². The minimum atomic E-state index is -2.21. The zero-order valence-corrected chi connectivity index (χ0v) is 19.0. The molecule has 1 aromatic carbocycles. The molecular weight excluding hydrogens is 468 g/mol. The molecule has 0 bridgehead atoms. The highest BCUT2D eigenvalue weighted by atomic mass is 16.5. The monoisotopic (exact) mass is 488 g/mol. The molecule has 13 nitrogen and oxygen atoms in total. The fourth-order valence-electron chi connectivity index (χ4n) is 3.85. The normalized spacial score (nSPS) is 17.5. The minimum Gasteiger partial charge on any atom is -0.380 e. The van der Waals surface area contributed by atoms with E-state index < -0.39 is 23.5 Å². The Kier molecular flexibility index (Phi) is 5.59. The molecule has 3 aromatic heterocycles. The number of nitrogen functional groups attached to an aromatic ring is 1. The maximum atomic E-state index is 13.3. The Hall–Kier alpha value is -4.80. The van der Waals surface area contributed by atoms with E-state index in [4.69, 9.17) is 20.3 Å². The second kappa shape index (κ2) is 8.77. The van der Waals surface area contributed by atoms with Crippen LogP contribution in [0.3, 0.4) is 0 Å². The van der Waals surface area contributed by atoms with Crippen molar-refractivity contribution < 1.29 is 24.0 Å². The molecule has 36 heavy (non-hydrogen) atoms. The van der Waals surface area contributed by atoms with Crippen LogP contribution in [0.1, 0.15) is 12.6 Å². The smallest absolute Gasteiger partial charge is 0.260 e. The molecule has 13 heteroatoms. The average Bonchev–Trinajstić information content (AvgIpc) is 3.51. The fraction of sp³-hybridized carbons (Fsp3) is 0.217. The minimum absolute atomic E-state index is 0.0732. The van der Waals surface area contributed by atoms with Crippen molar-refractivity contribution in [1.29, 1.82) is 5.26 Å². The van der Waals surface area contributed by atoms with Gasteiger partial charge < -0.3 is 25.4 Å². The van der Waals surface area contributed by atoms with Gasteiger partial charge in [-0.1, -0.05) is 5.16 Å². The van der Waals surface area contributed by atoms with Crippen molar-refractivity contribution in [1.82, 2.24) is 19.9 Å². The number of benzene rings is 1. The third kappa shape index (κ3) is 4.00. The van der Waals surface area contributed by atoms with Gasteiger partial charge in [0.2, 0.25) is 0 Å². The number of hydrogen-bond acceptors (Lipinski definition) is 10. The van der Waals surface area contributed by atoms with Crippen LogP contribution in [0.4, 0.5) is 17.3 Å². The SMILES string of the molecule is C[C@](O)(C(=O)Nc1ccc2c(N)noc2c1)[C@H]1OCCN(c2ccn(-c3ccnc(C#N)c3)n2)C1=O. The van der Waals surface area contributed by atoms with Gasteiger partial charge in [0.05, 0.1) is 24.2 Å². The first-order valence-electron chi connectivity index (χ1n) is 10.8. The van der Waals surface area contributed by atoms with E-state index in [-0.39, 0.29) is 24.7 Å². The second-order valence-electron chi connectivity index (χ2n) is 8.25. The van der Waals surface area contributed by atoms with Gasteiger partial charge in [0.15, 0.2) is 28.9 Å². The van der Waals surface area contributed by atoms with Crippen LogP contribution < -0.4 is 16.0 Å². The molecule has 4 N–H and O–H groups in total. The number of nitrogens with one attached hydrogen (secondary N) is 1. The molecule has 0 unspecified atom stereocenters. The van der Waals surface area contributed by atoms with E-state index in [1.807, 2.05) is 6.07 Å². The molecule has 4 heterocycles. The summed E-state index contributed by atoms with van der Waals surface area (Å²) in [5, 5.41) is 31.3. The van der Waals surface area contributed by atoms with Crippen molar-refractivity contribution >= 4 is 40.1 Å². The van der Waals surface area contributed by atoms with Crippen LogP contribution in [-0.2, 0) is 14.3 Å². The highest BCUT2D eigenvalue weighted by molar-refractivity contribution is 6.06. The number of fused-ring (bicyclic) bond motifs is 1. The van der Waals surface area contributed by atoms with Gasteiger partial charge in [-0.25, -0.2) is 9.67 Å². The van der Waals surface area contributed by atoms with Crippen molar-refractivity contribution in [2.75, 3.05) is 29.1 Å². The van der Waals surface area contributed by atoms with Crippen molar-refractivity contribution in [3.63, 3.8) is 0 Å². The summed E-state index contributed by atoms with van der Waals surface area (Å²) in [5.74, 6) is -0.959. The predicted molar refractivity (Wildman–Crippen MR) is 126 cm³/mol. The third-order valence-electron chi connectivity index (χ3n) is 5.79. The molecule has 1 saturated heterocycles. The first-order chi connectivity index (χ1) is 17.3. The summed E-state index contributed by atoms with van der Waals surface area (Å²) in [6.45, 7) is 1.45. The van der Waals surface area contributed by atoms with Crippen LogP contribution in [0.15, 0.2) is 53.3 Å². The number of aliphatic hydroxyl groups is 1. The van der Waals surface area contributed by atoms with Gasteiger partial charge in [0.25, 0.3) is 11.8 Å². The quantitative estimate of drug-likeness (QED) is 0.366. The molecule has 4 aromatic rings. The number of nitrogens with two attached hydrogens (primary N) is 1. The Morgan fingerprint density at radius 2 is 2.17 bits per heavy atom. The predicted octanol–water partition coefficient (Wildman–Crippen LogP) is 0.984. The fourth-order valence-corrected chi connectivity index (χ4v) is 3.85. The zero-order valence-electron chi connectivity index (χ0n) is 19.0. The number of aromatic nitrogens is 4. The van der Waals surface area contributed by atoms with Gasteiger partial charge in [-0.3, -0.25) is 14.5 Å². The summed E-state index contributed by atoms with van der Waals surface area (Å²) in [6, 6.07) is 11.5. The van der Waals surface area contributed by atoms with Gasteiger partial charge in [-0.05, 0) is 25.1 Å². The second-order valence-corrected chi connectivity index (χ2v) is 8.25. The number of ether oxygens (including phenoxy) is 1. The number of rotatable bonds is 5. The van der Waals surface area contributed by atoms with Crippen LogP contribution in [-0.4, -0.2) is 61.7 Å². The maximum absolute atomic E-state index is 13.3. The molecule has 1 aliphatic heterocycles. The standard InChI is InChI=1S/C23H20N8O5/c1-23(34,22(33)27-13-2-3-16-17(11-13)36-29-20(16)25)19-21(32)30(8-9-35-19)18-5-7-31(28-18)15-4-6-26-14(10-15)12-24/h2-7,10-11,19,34H,8-9H2,1H3,(H2,25,29)(H,27,33)/t19-,23+/m0/s1. The number of nitrogens with zero attached hydrogens (tertiary/aromatic N) is 6. The first-order valence-corrected chi connectivity index (χ1v) is 10.8. The maximum Gasteiger partial charge on any atom is 0.260 e. The van der Waals surface area contributed by atoms with Gasteiger partial charge in [0, 0.05) is 36.3 Å². The third-order valence-corrected chi connectivity index (χ3v) is 5.79. The lowest BCUT2D eigenvalue weighted by Crippen LogP contribution is -2.61. The summed E-state index contributed by atoms with van der Waals surface area (Å²) in [4.78, 5) is 31.5. The van der Waals surface area contributed by atoms with Gasteiger partial charge in [0.1, 0.15) is 11.8 Å². The number of amides is 2. The Morgan fingerprint density at radius 3 is 2.97 bits per heavy atom. The Morgan fingerprint density at radius 1 is 1.33 bits per heavy atom. The lowest BCUT2D eigenvalue weighted by Gasteiger charge is -2.37. The van der Waals surface area contributed by atoms with Crippen molar-refractivity contribution in [2.24, 2.45) is 0 Å². The lowest BCUT2D eigenvalue weighted by atomic mass is 9.95. The van der Waals surface area contributed by atoms with Crippen LogP contribution >= 0.6 is 0 Å². The Bertz CT molecular complexity index is 1520. The van der Waals surface area contributed by atoms with Gasteiger partial charge in [-0.2, -0.15) is 5.26 Å². The molecule has 1 fully saturated rings. The van der Waals surface area contributed by atoms with E-state index in [1.54, 1.807) is 36.5 Å². The van der Waals surface area contributed by atoms with E-state index in [2.05, 4.69) is 20.6 Å². The zero-order chi connectivity index (χ0) is 25.4. The molecule has 0 aliphatic carbocycles. The van der Waals surface area contributed by atoms with E-state index in [9.17, 15) is 14.7 Å². The number of morpholine rings is 1. The molecule has 0 radical (unpaired) electrons. The van der Waals surface area contributed by atoms with Crippen LogP contribution in [0.2, 0.25) is 0 Å².